The van der Waals surface area contributed by atoms with Crippen LogP contribution in [0, 0.1) is 6.92 Å². The van der Waals surface area contributed by atoms with Crippen molar-refractivity contribution in [2.75, 3.05) is 13.1 Å². The highest BCUT2D eigenvalue weighted by Gasteiger charge is 2.28. The minimum absolute atomic E-state index is 0.128. The number of aliphatic hydroxyl groups is 1. The zero-order valence-corrected chi connectivity index (χ0v) is 11.2. The largest absolute Gasteiger partial charge is 0.391 e. The smallest absolute Gasteiger partial charge is 0.264 e. The van der Waals surface area contributed by atoms with Gasteiger partial charge in [-0.15, -0.1) is 11.3 Å². The third-order valence-corrected chi connectivity index (χ3v) is 4.57. The molecule has 2 aromatic rings. The minimum atomic E-state index is -0.444. The summed E-state index contributed by atoms with van der Waals surface area (Å²) in [5, 5.41) is 9.97. The lowest BCUT2D eigenvalue weighted by atomic mass is 10.2. The van der Waals surface area contributed by atoms with Gasteiger partial charge in [0.1, 0.15) is 4.83 Å². The number of hydrogen-bond donors (Lipinski definition) is 2. The third-order valence-electron chi connectivity index (χ3n) is 3.38. The molecule has 1 saturated heterocycles. The van der Waals surface area contributed by atoms with Crippen molar-refractivity contribution >= 4 is 27.5 Å². The SMILES string of the molecule is Cc1c(C(=O)N2CC[C@@H](O)C2)sc2nc[nH]c(=O)c12. The Kier molecular flexibility index (Phi) is 2.87. The molecule has 0 saturated carbocycles. The molecule has 0 bridgehead atoms. The summed E-state index contributed by atoms with van der Waals surface area (Å²) in [5.41, 5.74) is 0.444. The second kappa shape index (κ2) is 4.43. The van der Waals surface area contributed by atoms with E-state index >= 15 is 0 Å². The Bertz CT molecular complexity index is 706. The van der Waals surface area contributed by atoms with Crippen molar-refractivity contribution in [1.82, 2.24) is 14.9 Å². The Morgan fingerprint density at radius 1 is 1.63 bits per heavy atom. The number of β-amino-alcohol motifs (C(OH)–C–C–N with tert-alkyl or cyclic N) is 1. The number of H-pyrrole nitrogens is 1. The summed E-state index contributed by atoms with van der Waals surface area (Å²) in [5.74, 6) is -0.128. The second-order valence-electron chi connectivity index (χ2n) is 4.66. The van der Waals surface area contributed by atoms with Crippen LogP contribution in [0.15, 0.2) is 11.1 Å². The molecule has 100 valence electrons. The van der Waals surface area contributed by atoms with Gasteiger partial charge in [0, 0.05) is 13.1 Å². The maximum atomic E-state index is 12.4. The first-order chi connectivity index (χ1) is 9.08. The summed E-state index contributed by atoms with van der Waals surface area (Å²) in [6, 6.07) is 0. The summed E-state index contributed by atoms with van der Waals surface area (Å²) in [4.78, 5) is 33.5. The molecule has 1 fully saturated rings. The highest BCUT2D eigenvalue weighted by atomic mass is 32.1. The van der Waals surface area contributed by atoms with E-state index in [-0.39, 0.29) is 11.5 Å². The number of carbonyl (C=O) groups excluding carboxylic acids is 1. The van der Waals surface area contributed by atoms with Crippen LogP contribution in [-0.2, 0) is 0 Å². The van der Waals surface area contributed by atoms with E-state index in [0.29, 0.717) is 40.2 Å². The van der Waals surface area contributed by atoms with Crippen molar-refractivity contribution in [3.63, 3.8) is 0 Å². The normalized spacial score (nSPS) is 19.3. The number of aromatic nitrogens is 2. The summed E-state index contributed by atoms with van der Waals surface area (Å²) in [6.07, 6.45) is 1.50. The van der Waals surface area contributed by atoms with E-state index in [9.17, 15) is 14.7 Å². The van der Waals surface area contributed by atoms with Crippen LogP contribution in [0.4, 0.5) is 0 Å². The van der Waals surface area contributed by atoms with Crippen LogP contribution in [-0.4, -0.2) is 45.1 Å². The maximum Gasteiger partial charge on any atom is 0.264 e. The standard InChI is InChI=1S/C12H13N3O3S/c1-6-8-10(17)13-5-14-11(8)19-9(6)12(18)15-3-2-7(16)4-15/h5,7,16H,2-4H2,1H3,(H,13,14,17)/t7-/m1/s1. The Balaban J connectivity index is 2.06. The van der Waals surface area contributed by atoms with Gasteiger partial charge in [-0.1, -0.05) is 0 Å². The molecule has 7 heteroatoms. The predicted molar refractivity (Wildman–Crippen MR) is 71.5 cm³/mol. The van der Waals surface area contributed by atoms with Gasteiger partial charge in [-0.25, -0.2) is 4.98 Å². The molecule has 1 amide bonds. The van der Waals surface area contributed by atoms with E-state index in [0.717, 1.165) is 0 Å². The van der Waals surface area contributed by atoms with Crippen molar-refractivity contribution in [2.45, 2.75) is 19.4 Å². The zero-order valence-electron chi connectivity index (χ0n) is 10.3. The summed E-state index contributed by atoms with van der Waals surface area (Å²) < 4.78 is 0. The summed E-state index contributed by atoms with van der Waals surface area (Å²) in [6.45, 7) is 2.67. The quantitative estimate of drug-likeness (QED) is 0.796. The predicted octanol–water partition coefficient (Wildman–Crippen LogP) is 0.500. The molecule has 0 unspecified atom stereocenters. The number of carbonyl (C=O) groups is 1. The number of thiophene rings is 1. The molecular weight excluding hydrogens is 266 g/mol. The van der Waals surface area contributed by atoms with Crippen molar-refractivity contribution < 1.29 is 9.90 Å². The highest BCUT2D eigenvalue weighted by molar-refractivity contribution is 7.20. The molecular formula is C12H13N3O3S. The van der Waals surface area contributed by atoms with Crippen LogP contribution in [0.1, 0.15) is 21.7 Å². The monoisotopic (exact) mass is 279 g/mol. The fourth-order valence-corrected chi connectivity index (χ4v) is 3.47. The molecule has 0 radical (unpaired) electrons. The van der Waals surface area contributed by atoms with Crippen LogP contribution < -0.4 is 5.56 Å². The topological polar surface area (TPSA) is 86.3 Å². The third kappa shape index (κ3) is 1.95. The number of amides is 1. The molecule has 0 aromatic carbocycles. The van der Waals surface area contributed by atoms with Crippen molar-refractivity contribution in [3.8, 4) is 0 Å². The number of nitrogens with zero attached hydrogens (tertiary/aromatic N) is 2. The number of hydrogen-bond acceptors (Lipinski definition) is 5. The van der Waals surface area contributed by atoms with Crippen molar-refractivity contribution in [2.24, 2.45) is 0 Å². The lowest BCUT2D eigenvalue weighted by Gasteiger charge is -2.14. The molecule has 6 nitrogen and oxygen atoms in total. The number of aryl methyl sites for hydroxylation is 1. The van der Waals surface area contributed by atoms with Crippen molar-refractivity contribution in [3.05, 3.63) is 27.1 Å². The van der Waals surface area contributed by atoms with Crippen LogP contribution in [0.25, 0.3) is 10.2 Å². The number of rotatable bonds is 1. The van der Waals surface area contributed by atoms with Crippen LogP contribution >= 0.6 is 11.3 Å². The Morgan fingerprint density at radius 3 is 3.05 bits per heavy atom. The molecule has 1 atom stereocenters. The van der Waals surface area contributed by atoms with E-state index in [1.807, 2.05) is 0 Å². The van der Waals surface area contributed by atoms with E-state index in [1.54, 1.807) is 11.8 Å². The fourth-order valence-electron chi connectivity index (χ4n) is 2.35. The second-order valence-corrected chi connectivity index (χ2v) is 5.66. The van der Waals surface area contributed by atoms with Gasteiger partial charge < -0.3 is 15.0 Å². The van der Waals surface area contributed by atoms with Crippen molar-refractivity contribution in [1.29, 1.82) is 0 Å². The molecule has 2 aromatic heterocycles. The van der Waals surface area contributed by atoms with Gasteiger partial charge in [-0.3, -0.25) is 9.59 Å². The molecule has 19 heavy (non-hydrogen) atoms. The van der Waals surface area contributed by atoms with E-state index in [1.165, 1.54) is 17.7 Å². The number of fused-ring (bicyclic) bond motifs is 1. The number of aromatic amines is 1. The lowest BCUT2D eigenvalue weighted by molar-refractivity contribution is 0.0769. The van der Waals surface area contributed by atoms with Gasteiger partial charge in [-0.05, 0) is 18.9 Å². The zero-order chi connectivity index (χ0) is 13.6. The molecule has 3 rings (SSSR count). The summed E-state index contributed by atoms with van der Waals surface area (Å²) in [7, 11) is 0. The Hall–Kier alpha value is -1.73. The van der Waals surface area contributed by atoms with Crippen LogP contribution in [0.5, 0.6) is 0 Å². The van der Waals surface area contributed by atoms with Crippen LogP contribution in [0.2, 0.25) is 0 Å². The van der Waals surface area contributed by atoms with Gasteiger partial charge in [0.2, 0.25) is 0 Å². The minimum Gasteiger partial charge on any atom is -0.391 e. The molecule has 2 N–H and O–H groups in total. The van der Waals surface area contributed by atoms with Gasteiger partial charge >= 0.3 is 0 Å². The molecule has 1 aliphatic rings. The highest BCUT2D eigenvalue weighted by Crippen LogP contribution is 2.28. The van der Waals surface area contributed by atoms with E-state index in [2.05, 4.69) is 9.97 Å². The van der Waals surface area contributed by atoms with Gasteiger partial charge in [0.15, 0.2) is 0 Å². The lowest BCUT2D eigenvalue weighted by Crippen LogP contribution is -2.29. The maximum absolute atomic E-state index is 12.4. The van der Waals surface area contributed by atoms with Crippen LogP contribution in [0.3, 0.4) is 0 Å². The van der Waals surface area contributed by atoms with Gasteiger partial charge in [0.05, 0.1) is 22.7 Å². The first kappa shape index (κ1) is 12.3. The molecule has 0 aliphatic carbocycles. The van der Waals surface area contributed by atoms with E-state index < -0.39 is 6.10 Å². The average Bonchev–Trinajstić information content (AvgIpc) is 2.94. The fraction of sp³-hybridized carbons (Fsp3) is 0.417. The summed E-state index contributed by atoms with van der Waals surface area (Å²) >= 11 is 1.23. The van der Waals surface area contributed by atoms with E-state index in [4.69, 9.17) is 0 Å². The Morgan fingerprint density at radius 2 is 2.42 bits per heavy atom. The molecule has 3 heterocycles. The number of likely N-dealkylation sites (tertiary alicyclic amines) is 1. The number of nitrogens with one attached hydrogen (secondary N) is 1. The first-order valence-corrected chi connectivity index (χ1v) is 6.83. The number of aliphatic hydroxyl groups excluding tert-OH is 1. The molecule has 1 aliphatic heterocycles. The Labute approximate surface area is 112 Å². The van der Waals surface area contributed by atoms with Gasteiger partial charge in [-0.2, -0.15) is 0 Å². The average molecular weight is 279 g/mol. The molecule has 0 spiro atoms. The first-order valence-electron chi connectivity index (χ1n) is 6.02. The van der Waals surface area contributed by atoms with Gasteiger partial charge in [0.25, 0.3) is 11.5 Å².